The molecule has 1 atom stereocenters. The number of nitrogens with zero attached hydrogens (tertiary/aromatic N) is 3. The molecule has 1 aliphatic heterocycles. The smallest absolute Gasteiger partial charge is 0.296 e. The van der Waals surface area contributed by atoms with Crippen LogP contribution in [-0.4, -0.2) is 45.2 Å². The highest BCUT2D eigenvalue weighted by Crippen LogP contribution is 2.40. The number of hydrogen-bond donors (Lipinski definition) is 1. The molecule has 1 N–H and O–H groups in total. The van der Waals surface area contributed by atoms with Crippen LogP contribution in [0.3, 0.4) is 0 Å². The van der Waals surface area contributed by atoms with Gasteiger partial charge in [0.25, 0.3) is 5.69 Å². The van der Waals surface area contributed by atoms with Crippen LogP contribution in [0.5, 0.6) is 5.75 Å². The number of aryl methyl sites for hydroxylation is 2. The lowest BCUT2D eigenvalue weighted by atomic mass is 10.1. The number of amidine groups is 1. The number of ether oxygens (including phenoxy) is 1. The first-order valence-electron chi connectivity index (χ1n) is 10.5. The second kappa shape index (κ2) is 9.22. The molecule has 2 aromatic rings. The fourth-order valence-electron chi connectivity index (χ4n) is 3.66. The zero-order valence-electron chi connectivity index (χ0n) is 18.5. The van der Waals surface area contributed by atoms with Crippen LogP contribution in [0, 0.1) is 24.0 Å². The van der Waals surface area contributed by atoms with Gasteiger partial charge in [0, 0.05) is 12.5 Å². The number of thioether (sulfide) groups is 1. The molecule has 0 spiro atoms. The number of hydrogen-bond acceptors (Lipinski definition) is 7. The van der Waals surface area contributed by atoms with Crippen molar-refractivity contribution in [3.63, 3.8) is 0 Å². The van der Waals surface area contributed by atoms with E-state index >= 15 is 0 Å². The molecule has 2 aromatic carbocycles. The lowest BCUT2D eigenvalue weighted by molar-refractivity contribution is -0.384. The fourth-order valence-corrected chi connectivity index (χ4v) is 4.87. The summed E-state index contributed by atoms with van der Waals surface area (Å²) < 4.78 is 5.02. The zero-order chi connectivity index (χ0) is 23.7. The van der Waals surface area contributed by atoms with Gasteiger partial charge in [-0.1, -0.05) is 29.5 Å². The molecule has 1 saturated heterocycles. The summed E-state index contributed by atoms with van der Waals surface area (Å²) >= 11 is 1.27. The van der Waals surface area contributed by atoms with E-state index in [9.17, 15) is 19.7 Å². The summed E-state index contributed by atoms with van der Waals surface area (Å²) in [5, 5.41) is 13.9. The Bertz CT molecular complexity index is 1160. The zero-order valence-corrected chi connectivity index (χ0v) is 19.3. The van der Waals surface area contributed by atoms with E-state index in [1.54, 1.807) is 4.90 Å². The van der Waals surface area contributed by atoms with Crippen molar-refractivity contribution < 1.29 is 19.2 Å². The third kappa shape index (κ3) is 5.00. The maximum atomic E-state index is 13.1. The number of carbonyl (C=O) groups is 2. The summed E-state index contributed by atoms with van der Waals surface area (Å²) in [6.45, 7) is 3.98. The predicted molar refractivity (Wildman–Crippen MR) is 127 cm³/mol. The Kier molecular flexibility index (Phi) is 6.37. The molecule has 2 aliphatic rings. The minimum atomic E-state index is -0.632. The summed E-state index contributed by atoms with van der Waals surface area (Å²) in [6, 6.07) is 10.2. The maximum absolute atomic E-state index is 13.1. The Morgan fingerprint density at radius 3 is 2.67 bits per heavy atom. The van der Waals surface area contributed by atoms with Gasteiger partial charge in [0.1, 0.15) is 16.7 Å². The predicted octanol–water partition coefficient (Wildman–Crippen LogP) is 4.34. The third-order valence-electron chi connectivity index (χ3n) is 5.49. The first-order valence-corrected chi connectivity index (χ1v) is 11.4. The summed E-state index contributed by atoms with van der Waals surface area (Å²) in [5.41, 5.74) is 2.72. The van der Waals surface area contributed by atoms with Gasteiger partial charge in [-0.25, -0.2) is 4.99 Å². The summed E-state index contributed by atoms with van der Waals surface area (Å²) in [7, 11) is 1.41. The largest absolute Gasteiger partial charge is 0.496 e. The van der Waals surface area contributed by atoms with E-state index in [-0.39, 0.29) is 29.7 Å². The first-order chi connectivity index (χ1) is 15.8. The highest BCUT2D eigenvalue weighted by atomic mass is 32.2. The van der Waals surface area contributed by atoms with Crippen LogP contribution in [0.4, 0.5) is 17.1 Å². The average molecular weight is 469 g/mol. The number of nitro benzene ring substituents is 1. The Morgan fingerprint density at radius 2 is 2.03 bits per heavy atom. The lowest BCUT2D eigenvalue weighted by Gasteiger charge is -2.15. The molecule has 2 fully saturated rings. The van der Waals surface area contributed by atoms with Crippen molar-refractivity contribution in [2.45, 2.75) is 44.4 Å². The van der Waals surface area contributed by atoms with Crippen molar-refractivity contribution in [3.05, 3.63) is 57.6 Å². The molecule has 33 heavy (non-hydrogen) atoms. The van der Waals surface area contributed by atoms with Crippen LogP contribution >= 0.6 is 11.8 Å². The van der Waals surface area contributed by atoms with Gasteiger partial charge < -0.3 is 10.1 Å². The molecule has 1 aliphatic carbocycles. The van der Waals surface area contributed by atoms with Gasteiger partial charge in [-0.2, -0.15) is 0 Å². The number of nitrogens with one attached hydrogen (secondary N) is 1. The van der Waals surface area contributed by atoms with E-state index in [1.807, 2.05) is 32.0 Å². The van der Waals surface area contributed by atoms with Crippen LogP contribution < -0.4 is 10.1 Å². The highest BCUT2D eigenvalue weighted by molar-refractivity contribution is 8.15. The monoisotopic (exact) mass is 468 g/mol. The summed E-state index contributed by atoms with van der Waals surface area (Å²) in [5.74, 6) is -0.309. The highest BCUT2D eigenvalue weighted by Gasteiger charge is 2.46. The van der Waals surface area contributed by atoms with Gasteiger partial charge in [0.05, 0.1) is 23.8 Å². The number of amides is 2. The second-order valence-corrected chi connectivity index (χ2v) is 9.29. The Labute approximate surface area is 195 Å². The number of carbonyl (C=O) groups excluding carboxylic acids is 2. The van der Waals surface area contributed by atoms with Crippen molar-refractivity contribution >= 4 is 45.8 Å². The molecule has 0 radical (unpaired) electrons. The SMILES string of the molecule is COc1ccc(NC(=O)CC2SC(=Nc3ccc(C)cc3C)N(C3CC3)C2=O)c([N+](=O)[O-])c1. The number of aliphatic imine (C=N–C) groups is 1. The van der Waals surface area contributed by atoms with E-state index in [2.05, 4.69) is 5.32 Å². The van der Waals surface area contributed by atoms with Crippen molar-refractivity contribution in [2.75, 3.05) is 12.4 Å². The van der Waals surface area contributed by atoms with E-state index in [0.717, 1.165) is 29.7 Å². The minimum Gasteiger partial charge on any atom is -0.496 e. The molecular formula is C23H24N4O5S. The molecule has 0 aromatic heterocycles. The number of rotatable bonds is 7. The molecule has 1 saturated carbocycles. The summed E-state index contributed by atoms with van der Waals surface area (Å²) in [6.07, 6.45) is 1.71. The Balaban J connectivity index is 1.52. The van der Waals surface area contributed by atoms with Crippen molar-refractivity contribution in [1.29, 1.82) is 0 Å². The van der Waals surface area contributed by atoms with Crippen molar-refractivity contribution in [2.24, 2.45) is 4.99 Å². The molecule has 4 rings (SSSR count). The molecule has 1 heterocycles. The van der Waals surface area contributed by atoms with Crippen LogP contribution in [0.1, 0.15) is 30.4 Å². The standard InChI is InChI=1S/C23H24N4O5S/c1-13-4-8-17(14(2)10-13)25-23-26(15-5-6-15)22(29)20(33-23)12-21(28)24-18-9-7-16(32-3)11-19(18)27(30)31/h4,7-11,15,20H,5-6,12H2,1-3H3,(H,24,28). The van der Waals surface area contributed by atoms with Gasteiger partial charge in [-0.3, -0.25) is 24.6 Å². The van der Waals surface area contributed by atoms with Crippen molar-refractivity contribution in [3.8, 4) is 5.75 Å². The molecule has 172 valence electrons. The van der Waals surface area contributed by atoms with E-state index < -0.39 is 16.1 Å². The second-order valence-electron chi connectivity index (χ2n) is 8.12. The molecule has 1 unspecified atom stereocenters. The topological polar surface area (TPSA) is 114 Å². The molecular weight excluding hydrogens is 444 g/mol. The Hall–Kier alpha value is -3.40. The van der Waals surface area contributed by atoms with E-state index in [4.69, 9.17) is 9.73 Å². The maximum Gasteiger partial charge on any atom is 0.296 e. The number of methoxy groups -OCH3 is 1. The number of nitro groups is 1. The van der Waals surface area contributed by atoms with E-state index in [0.29, 0.717) is 10.9 Å². The van der Waals surface area contributed by atoms with Gasteiger partial charge in [0.15, 0.2) is 5.17 Å². The van der Waals surface area contributed by atoms with Gasteiger partial charge >= 0.3 is 0 Å². The van der Waals surface area contributed by atoms with Gasteiger partial charge in [-0.15, -0.1) is 0 Å². The van der Waals surface area contributed by atoms with Gasteiger partial charge in [-0.05, 0) is 50.5 Å². The third-order valence-corrected chi connectivity index (χ3v) is 6.65. The van der Waals surface area contributed by atoms with Crippen LogP contribution in [-0.2, 0) is 9.59 Å². The Morgan fingerprint density at radius 1 is 1.27 bits per heavy atom. The van der Waals surface area contributed by atoms with Crippen LogP contribution in [0.25, 0.3) is 0 Å². The van der Waals surface area contributed by atoms with Crippen LogP contribution in [0.2, 0.25) is 0 Å². The number of benzene rings is 2. The van der Waals surface area contributed by atoms with Crippen LogP contribution in [0.15, 0.2) is 41.4 Å². The lowest BCUT2D eigenvalue weighted by Crippen LogP contribution is -2.35. The van der Waals surface area contributed by atoms with E-state index in [1.165, 1.54) is 37.1 Å². The molecule has 0 bridgehead atoms. The normalized spacial score (nSPS) is 19.1. The summed E-state index contributed by atoms with van der Waals surface area (Å²) in [4.78, 5) is 43.0. The molecule has 2 amide bonds. The molecule has 9 nitrogen and oxygen atoms in total. The van der Waals surface area contributed by atoms with Gasteiger partial charge in [0.2, 0.25) is 11.8 Å². The average Bonchev–Trinajstić information content (AvgIpc) is 3.55. The quantitative estimate of drug-likeness (QED) is 0.477. The fraction of sp³-hybridized carbons (Fsp3) is 0.348. The first kappa shape index (κ1) is 22.8. The minimum absolute atomic E-state index is 0.0597. The number of anilines is 1. The van der Waals surface area contributed by atoms with Crippen molar-refractivity contribution in [1.82, 2.24) is 4.90 Å². The molecule has 10 heteroatoms.